The van der Waals surface area contributed by atoms with Crippen molar-refractivity contribution in [2.75, 3.05) is 13.1 Å². The van der Waals surface area contributed by atoms with Gasteiger partial charge in [0.05, 0.1) is 12.6 Å². The van der Waals surface area contributed by atoms with Crippen molar-refractivity contribution >= 4 is 11.9 Å². The Bertz CT molecular complexity index is 518. The number of carboxylic acid groups (broad SMARTS) is 1. The summed E-state index contributed by atoms with van der Waals surface area (Å²) in [6.45, 7) is 2.50. The lowest BCUT2D eigenvalue weighted by atomic mass is 10.1. The second kappa shape index (κ2) is 6.67. The minimum atomic E-state index is -0.883. The van der Waals surface area contributed by atoms with E-state index in [1.165, 1.54) is 12.1 Å². The summed E-state index contributed by atoms with van der Waals surface area (Å²) in [4.78, 5) is 24.7. The van der Waals surface area contributed by atoms with Gasteiger partial charge in [-0.25, -0.2) is 4.39 Å². The Hall–Kier alpha value is -1.95. The highest BCUT2D eigenvalue weighted by atomic mass is 19.1. The fourth-order valence-electron chi connectivity index (χ4n) is 2.60. The maximum absolute atomic E-state index is 12.9. The van der Waals surface area contributed by atoms with Crippen LogP contribution in [0, 0.1) is 5.82 Å². The molecular formula is C15H19FN2O3. The number of hydrogen-bond donors (Lipinski definition) is 2. The second-order valence-electron chi connectivity index (χ2n) is 5.31. The lowest BCUT2D eigenvalue weighted by Crippen LogP contribution is -2.43. The van der Waals surface area contributed by atoms with Crippen LogP contribution < -0.4 is 5.32 Å². The smallest absolute Gasteiger partial charge is 0.320 e. The van der Waals surface area contributed by atoms with Gasteiger partial charge in [0.15, 0.2) is 0 Å². The van der Waals surface area contributed by atoms with Gasteiger partial charge in [-0.2, -0.15) is 0 Å². The molecule has 2 atom stereocenters. The molecular weight excluding hydrogens is 275 g/mol. The van der Waals surface area contributed by atoms with E-state index in [0.29, 0.717) is 13.0 Å². The van der Waals surface area contributed by atoms with Crippen LogP contribution >= 0.6 is 0 Å². The van der Waals surface area contributed by atoms with Gasteiger partial charge in [0.25, 0.3) is 0 Å². The SMILES string of the molecule is C[C@@H](NC(=O)CN1CCC[C@H]1C(=O)O)c1ccc(F)cc1. The fourth-order valence-corrected chi connectivity index (χ4v) is 2.60. The summed E-state index contributed by atoms with van der Waals surface area (Å²) in [5.74, 6) is -1.43. The van der Waals surface area contributed by atoms with E-state index in [4.69, 9.17) is 5.11 Å². The zero-order valence-corrected chi connectivity index (χ0v) is 11.9. The molecule has 1 heterocycles. The molecule has 0 aromatic heterocycles. The average molecular weight is 294 g/mol. The monoisotopic (exact) mass is 294 g/mol. The standard InChI is InChI=1S/C15H19FN2O3/c1-10(11-4-6-12(16)7-5-11)17-14(19)9-18-8-2-3-13(18)15(20)21/h4-7,10,13H,2-3,8-9H2,1H3,(H,17,19)(H,20,21)/t10-,13+/m1/s1. The van der Waals surface area contributed by atoms with Crippen LogP contribution in [0.5, 0.6) is 0 Å². The van der Waals surface area contributed by atoms with E-state index < -0.39 is 12.0 Å². The molecule has 2 N–H and O–H groups in total. The Morgan fingerprint density at radius 1 is 1.43 bits per heavy atom. The molecule has 1 aliphatic rings. The third-order valence-corrected chi connectivity index (χ3v) is 3.74. The highest BCUT2D eigenvalue weighted by Crippen LogP contribution is 2.17. The Kier molecular flexibility index (Phi) is 4.90. The van der Waals surface area contributed by atoms with Crippen LogP contribution in [0.1, 0.15) is 31.4 Å². The number of carbonyl (C=O) groups excluding carboxylic acids is 1. The molecule has 1 fully saturated rings. The highest BCUT2D eigenvalue weighted by Gasteiger charge is 2.31. The Balaban J connectivity index is 1.89. The Labute approximate surface area is 122 Å². The van der Waals surface area contributed by atoms with Gasteiger partial charge in [0, 0.05) is 0 Å². The normalized spacial score (nSPS) is 20.2. The van der Waals surface area contributed by atoms with Gasteiger partial charge < -0.3 is 10.4 Å². The summed E-state index contributed by atoms with van der Waals surface area (Å²) in [7, 11) is 0. The Morgan fingerprint density at radius 2 is 2.10 bits per heavy atom. The molecule has 2 rings (SSSR count). The van der Waals surface area contributed by atoms with Gasteiger partial charge in [-0.1, -0.05) is 12.1 Å². The van der Waals surface area contributed by atoms with Crippen molar-refractivity contribution in [1.82, 2.24) is 10.2 Å². The van der Waals surface area contributed by atoms with Crippen LogP contribution in [0.15, 0.2) is 24.3 Å². The topological polar surface area (TPSA) is 69.6 Å². The molecule has 0 spiro atoms. The largest absolute Gasteiger partial charge is 0.480 e. The number of rotatable bonds is 5. The van der Waals surface area contributed by atoms with Crippen LogP contribution in [0.3, 0.4) is 0 Å². The van der Waals surface area contributed by atoms with Gasteiger partial charge in [-0.15, -0.1) is 0 Å². The lowest BCUT2D eigenvalue weighted by Gasteiger charge is -2.22. The molecule has 21 heavy (non-hydrogen) atoms. The van der Waals surface area contributed by atoms with Gasteiger partial charge in [-0.05, 0) is 44.0 Å². The molecule has 0 radical (unpaired) electrons. The highest BCUT2D eigenvalue weighted by molar-refractivity contribution is 5.80. The molecule has 1 aromatic rings. The minimum Gasteiger partial charge on any atom is -0.480 e. The summed E-state index contributed by atoms with van der Waals surface area (Å²) in [6, 6.07) is 5.12. The molecule has 114 valence electrons. The quantitative estimate of drug-likeness (QED) is 0.864. The van der Waals surface area contributed by atoms with Crippen molar-refractivity contribution in [3.63, 3.8) is 0 Å². The van der Waals surface area contributed by atoms with Crippen LogP contribution in [0.25, 0.3) is 0 Å². The zero-order chi connectivity index (χ0) is 15.4. The molecule has 0 saturated carbocycles. The number of benzene rings is 1. The van der Waals surface area contributed by atoms with Crippen LogP contribution in [0.2, 0.25) is 0 Å². The third-order valence-electron chi connectivity index (χ3n) is 3.74. The average Bonchev–Trinajstić information content (AvgIpc) is 2.87. The zero-order valence-electron chi connectivity index (χ0n) is 11.9. The molecule has 0 aliphatic carbocycles. The number of aliphatic carboxylic acids is 1. The number of amides is 1. The summed E-state index contributed by atoms with van der Waals surface area (Å²) in [6.07, 6.45) is 1.37. The summed E-state index contributed by atoms with van der Waals surface area (Å²) >= 11 is 0. The maximum Gasteiger partial charge on any atom is 0.320 e. The van der Waals surface area contributed by atoms with Crippen molar-refractivity contribution < 1.29 is 19.1 Å². The maximum atomic E-state index is 12.9. The first-order chi connectivity index (χ1) is 9.97. The molecule has 0 unspecified atom stereocenters. The van der Waals surface area contributed by atoms with E-state index >= 15 is 0 Å². The van der Waals surface area contributed by atoms with Gasteiger partial charge in [0.1, 0.15) is 11.9 Å². The number of hydrogen-bond acceptors (Lipinski definition) is 3. The summed E-state index contributed by atoms with van der Waals surface area (Å²) < 4.78 is 12.9. The van der Waals surface area contributed by atoms with E-state index in [2.05, 4.69) is 5.32 Å². The van der Waals surface area contributed by atoms with E-state index in [1.54, 1.807) is 17.0 Å². The van der Waals surface area contributed by atoms with Crippen molar-refractivity contribution in [3.8, 4) is 0 Å². The lowest BCUT2D eigenvalue weighted by molar-refractivity contribution is -0.142. The first kappa shape index (κ1) is 15.4. The molecule has 6 heteroatoms. The number of carboxylic acids is 1. The number of likely N-dealkylation sites (tertiary alicyclic amines) is 1. The number of halogens is 1. The van der Waals surface area contributed by atoms with E-state index in [-0.39, 0.29) is 24.3 Å². The van der Waals surface area contributed by atoms with Crippen LogP contribution in [-0.4, -0.2) is 41.0 Å². The first-order valence-electron chi connectivity index (χ1n) is 6.99. The number of nitrogens with one attached hydrogen (secondary N) is 1. The summed E-state index contributed by atoms with van der Waals surface area (Å²) in [5.41, 5.74) is 0.806. The van der Waals surface area contributed by atoms with E-state index in [1.807, 2.05) is 6.92 Å². The fraction of sp³-hybridized carbons (Fsp3) is 0.467. The molecule has 5 nitrogen and oxygen atoms in total. The van der Waals surface area contributed by atoms with Crippen molar-refractivity contribution in [2.45, 2.75) is 31.8 Å². The van der Waals surface area contributed by atoms with Gasteiger partial charge in [-0.3, -0.25) is 14.5 Å². The predicted octanol–water partition coefficient (Wildman–Crippen LogP) is 1.55. The Morgan fingerprint density at radius 3 is 2.71 bits per heavy atom. The van der Waals surface area contributed by atoms with Gasteiger partial charge in [0.2, 0.25) is 5.91 Å². The first-order valence-corrected chi connectivity index (χ1v) is 6.99. The number of carbonyl (C=O) groups is 2. The van der Waals surface area contributed by atoms with Crippen LogP contribution in [-0.2, 0) is 9.59 Å². The van der Waals surface area contributed by atoms with Gasteiger partial charge >= 0.3 is 5.97 Å². The number of nitrogens with zero attached hydrogens (tertiary/aromatic N) is 1. The molecule has 0 bridgehead atoms. The summed E-state index contributed by atoms with van der Waals surface area (Å²) in [5, 5.41) is 11.9. The van der Waals surface area contributed by atoms with Crippen molar-refractivity contribution in [2.24, 2.45) is 0 Å². The molecule has 1 saturated heterocycles. The molecule has 1 aromatic carbocycles. The second-order valence-corrected chi connectivity index (χ2v) is 5.31. The van der Waals surface area contributed by atoms with Crippen molar-refractivity contribution in [3.05, 3.63) is 35.6 Å². The predicted molar refractivity (Wildman–Crippen MR) is 75.2 cm³/mol. The minimum absolute atomic E-state index is 0.0719. The van der Waals surface area contributed by atoms with E-state index in [9.17, 15) is 14.0 Å². The van der Waals surface area contributed by atoms with E-state index in [0.717, 1.165) is 12.0 Å². The molecule has 1 aliphatic heterocycles. The molecule has 1 amide bonds. The van der Waals surface area contributed by atoms with Crippen molar-refractivity contribution in [1.29, 1.82) is 0 Å². The third kappa shape index (κ3) is 4.01. The van der Waals surface area contributed by atoms with Crippen LogP contribution in [0.4, 0.5) is 4.39 Å².